The van der Waals surface area contributed by atoms with E-state index in [1.54, 1.807) is 20.8 Å². The Bertz CT molecular complexity index is 464. The zero-order valence-electron chi connectivity index (χ0n) is 10.0. The highest BCUT2D eigenvalue weighted by Crippen LogP contribution is 2.21. The first kappa shape index (κ1) is 13.4. The zero-order chi connectivity index (χ0) is 13.0. The summed E-state index contributed by atoms with van der Waals surface area (Å²) in [4.78, 5) is 11.5. The topological polar surface area (TPSA) is 26.3 Å². The second kappa shape index (κ2) is 5.57. The number of carbonyl (C=O) groups is 1. The van der Waals surface area contributed by atoms with Crippen LogP contribution in [0.25, 0.3) is 5.57 Å². The molecule has 0 aliphatic carbocycles. The Balaban J connectivity index is 3.09. The Morgan fingerprint density at radius 2 is 1.88 bits per heavy atom. The third kappa shape index (κ3) is 3.12. The largest absolute Gasteiger partial charge is 0.463 e. The fourth-order valence-corrected chi connectivity index (χ4v) is 1.34. The molecule has 0 unspecified atom stereocenters. The normalized spacial score (nSPS) is 12.1. The molecule has 0 spiro atoms. The van der Waals surface area contributed by atoms with Crippen LogP contribution in [0.15, 0.2) is 23.8 Å². The van der Waals surface area contributed by atoms with Gasteiger partial charge in [0.25, 0.3) is 0 Å². The molecule has 0 amide bonds. The maximum Gasteiger partial charge on any atom is 0.333 e. The number of hydrogen-bond acceptors (Lipinski definition) is 2. The third-order valence-corrected chi connectivity index (χ3v) is 2.50. The summed E-state index contributed by atoms with van der Waals surface area (Å²) in [5, 5.41) is 0. The molecule has 0 radical (unpaired) electrons. The molecular weight excluding hydrogens is 226 g/mol. The molecule has 17 heavy (non-hydrogen) atoms. The minimum absolute atomic E-state index is 0.279. The van der Waals surface area contributed by atoms with Crippen molar-refractivity contribution in [3.63, 3.8) is 0 Å². The molecule has 1 rings (SSSR count). The van der Waals surface area contributed by atoms with Gasteiger partial charge in [-0.3, -0.25) is 0 Å². The minimum Gasteiger partial charge on any atom is -0.463 e. The summed E-state index contributed by atoms with van der Waals surface area (Å²) in [7, 11) is 0. The lowest BCUT2D eigenvalue weighted by Crippen LogP contribution is -2.06. The molecular formula is C13H14F2O2. The number of esters is 1. The van der Waals surface area contributed by atoms with Crippen molar-refractivity contribution in [2.45, 2.75) is 20.8 Å². The maximum absolute atomic E-state index is 13.0. The average Bonchev–Trinajstić information content (AvgIpc) is 2.31. The summed E-state index contributed by atoms with van der Waals surface area (Å²) < 4.78 is 30.6. The van der Waals surface area contributed by atoms with Crippen LogP contribution in [0.4, 0.5) is 8.78 Å². The van der Waals surface area contributed by atoms with Crippen LogP contribution >= 0.6 is 0 Å². The predicted octanol–water partition coefficient (Wildman–Crippen LogP) is 3.32. The summed E-state index contributed by atoms with van der Waals surface area (Å²) in [5.74, 6) is -2.29. The number of rotatable bonds is 3. The summed E-state index contributed by atoms with van der Waals surface area (Å²) in [6.07, 6.45) is 0. The van der Waals surface area contributed by atoms with Crippen LogP contribution in [-0.4, -0.2) is 12.6 Å². The molecule has 0 aliphatic rings. The molecule has 0 aromatic heterocycles. The van der Waals surface area contributed by atoms with Gasteiger partial charge in [-0.25, -0.2) is 13.6 Å². The fourth-order valence-electron chi connectivity index (χ4n) is 1.34. The lowest BCUT2D eigenvalue weighted by Gasteiger charge is -2.08. The van der Waals surface area contributed by atoms with Gasteiger partial charge in [0, 0.05) is 5.57 Å². The summed E-state index contributed by atoms with van der Waals surface area (Å²) >= 11 is 0. The van der Waals surface area contributed by atoms with Crippen molar-refractivity contribution in [2.24, 2.45) is 0 Å². The van der Waals surface area contributed by atoms with E-state index >= 15 is 0 Å². The highest BCUT2D eigenvalue weighted by molar-refractivity contribution is 5.96. The van der Waals surface area contributed by atoms with Gasteiger partial charge in [-0.15, -0.1) is 0 Å². The van der Waals surface area contributed by atoms with Gasteiger partial charge in [0.05, 0.1) is 6.61 Å². The van der Waals surface area contributed by atoms with Gasteiger partial charge in [-0.1, -0.05) is 6.07 Å². The van der Waals surface area contributed by atoms with E-state index in [9.17, 15) is 13.6 Å². The Morgan fingerprint density at radius 3 is 2.41 bits per heavy atom. The van der Waals surface area contributed by atoms with E-state index in [-0.39, 0.29) is 6.61 Å². The number of ether oxygens (including phenoxy) is 1. The molecule has 0 fully saturated rings. The Morgan fingerprint density at radius 1 is 1.24 bits per heavy atom. The first-order valence-corrected chi connectivity index (χ1v) is 5.27. The first-order chi connectivity index (χ1) is 7.97. The van der Waals surface area contributed by atoms with Gasteiger partial charge in [-0.2, -0.15) is 0 Å². The molecule has 0 heterocycles. The van der Waals surface area contributed by atoms with Gasteiger partial charge in [0.2, 0.25) is 0 Å². The van der Waals surface area contributed by atoms with Gasteiger partial charge in [0.15, 0.2) is 11.6 Å². The standard InChI is InChI=1S/C13H14F2O2/c1-4-17-13(16)9(3)8(2)10-5-6-11(14)12(15)7-10/h5-7H,4H2,1-3H3/b9-8-. The van der Waals surface area contributed by atoms with Crippen LogP contribution < -0.4 is 0 Å². The number of hydrogen-bond donors (Lipinski definition) is 0. The Hall–Kier alpha value is -1.71. The van der Waals surface area contributed by atoms with E-state index in [1.807, 2.05) is 0 Å². The second-order valence-electron chi connectivity index (χ2n) is 3.60. The van der Waals surface area contributed by atoms with E-state index < -0.39 is 17.6 Å². The fraction of sp³-hybridized carbons (Fsp3) is 0.308. The average molecular weight is 240 g/mol. The van der Waals surface area contributed by atoms with Crippen LogP contribution in [-0.2, 0) is 9.53 Å². The molecule has 0 saturated carbocycles. The summed E-state index contributed by atoms with van der Waals surface area (Å²) in [6.45, 7) is 5.24. The number of allylic oxidation sites excluding steroid dienone is 1. The molecule has 92 valence electrons. The van der Waals surface area contributed by atoms with E-state index in [4.69, 9.17) is 4.74 Å². The minimum atomic E-state index is -0.932. The summed E-state index contributed by atoms with van der Waals surface area (Å²) in [6, 6.07) is 3.52. The Labute approximate surface area is 98.9 Å². The van der Waals surface area contributed by atoms with Crippen molar-refractivity contribution in [2.75, 3.05) is 6.61 Å². The van der Waals surface area contributed by atoms with Gasteiger partial charge >= 0.3 is 5.97 Å². The first-order valence-electron chi connectivity index (χ1n) is 5.27. The second-order valence-corrected chi connectivity index (χ2v) is 3.60. The summed E-state index contributed by atoms with van der Waals surface area (Å²) in [5.41, 5.74) is 1.43. The van der Waals surface area contributed by atoms with Crippen LogP contribution in [0, 0.1) is 11.6 Å². The van der Waals surface area contributed by atoms with E-state index in [0.29, 0.717) is 16.7 Å². The zero-order valence-corrected chi connectivity index (χ0v) is 10.0. The highest BCUT2D eigenvalue weighted by atomic mass is 19.2. The maximum atomic E-state index is 13.0. The number of halogens is 2. The number of benzene rings is 1. The van der Waals surface area contributed by atoms with Crippen molar-refractivity contribution in [3.8, 4) is 0 Å². The van der Waals surface area contributed by atoms with Crippen LogP contribution in [0.3, 0.4) is 0 Å². The molecule has 2 nitrogen and oxygen atoms in total. The molecule has 0 saturated heterocycles. The predicted molar refractivity (Wildman–Crippen MR) is 61.3 cm³/mol. The van der Waals surface area contributed by atoms with Gasteiger partial charge < -0.3 is 4.74 Å². The molecule has 1 aromatic carbocycles. The van der Waals surface area contributed by atoms with Crippen molar-refractivity contribution in [3.05, 3.63) is 41.0 Å². The van der Waals surface area contributed by atoms with Crippen molar-refractivity contribution < 1.29 is 18.3 Å². The van der Waals surface area contributed by atoms with Gasteiger partial charge in [0.1, 0.15) is 0 Å². The van der Waals surface area contributed by atoms with E-state index in [0.717, 1.165) is 12.1 Å². The van der Waals surface area contributed by atoms with Crippen LogP contribution in [0.1, 0.15) is 26.3 Å². The van der Waals surface area contributed by atoms with Gasteiger partial charge in [-0.05, 0) is 44.0 Å². The smallest absolute Gasteiger partial charge is 0.333 e. The lowest BCUT2D eigenvalue weighted by molar-refractivity contribution is -0.138. The molecule has 0 aliphatic heterocycles. The van der Waals surface area contributed by atoms with Crippen LogP contribution in [0.5, 0.6) is 0 Å². The Kier molecular flexibility index (Phi) is 4.37. The highest BCUT2D eigenvalue weighted by Gasteiger charge is 2.11. The lowest BCUT2D eigenvalue weighted by atomic mass is 10.0. The van der Waals surface area contributed by atoms with Crippen molar-refractivity contribution >= 4 is 11.5 Å². The number of carbonyl (C=O) groups excluding carboxylic acids is 1. The molecule has 0 atom stereocenters. The molecule has 4 heteroatoms. The van der Waals surface area contributed by atoms with Crippen molar-refractivity contribution in [1.29, 1.82) is 0 Å². The van der Waals surface area contributed by atoms with E-state index in [2.05, 4.69) is 0 Å². The molecule has 1 aromatic rings. The van der Waals surface area contributed by atoms with E-state index in [1.165, 1.54) is 6.07 Å². The monoisotopic (exact) mass is 240 g/mol. The third-order valence-electron chi connectivity index (χ3n) is 2.50. The molecule has 0 bridgehead atoms. The van der Waals surface area contributed by atoms with Crippen molar-refractivity contribution in [1.82, 2.24) is 0 Å². The van der Waals surface area contributed by atoms with Crippen LogP contribution in [0.2, 0.25) is 0 Å². The SMILES string of the molecule is CCOC(=O)/C(C)=C(/C)c1ccc(F)c(F)c1. The quantitative estimate of drug-likeness (QED) is 0.598. The molecule has 0 N–H and O–H groups in total.